The highest BCUT2D eigenvalue weighted by molar-refractivity contribution is 7.89. The smallest absolute Gasteiger partial charge is 0.303 e. The summed E-state index contributed by atoms with van der Waals surface area (Å²) in [6, 6.07) is 0.237. The Morgan fingerprint density at radius 2 is 2.21 bits per heavy atom. The van der Waals surface area contributed by atoms with Crippen LogP contribution in [-0.2, 0) is 14.8 Å². The molecule has 0 saturated carbocycles. The van der Waals surface area contributed by atoms with E-state index < -0.39 is 16.0 Å². The summed E-state index contributed by atoms with van der Waals surface area (Å²) in [5.74, 6) is -1.03. The largest absolute Gasteiger partial charge is 0.481 e. The lowest BCUT2D eigenvalue weighted by molar-refractivity contribution is -0.137. The lowest BCUT2D eigenvalue weighted by Gasteiger charge is -2.24. The van der Waals surface area contributed by atoms with Crippen molar-refractivity contribution >= 4 is 16.0 Å². The second-order valence-electron chi connectivity index (χ2n) is 4.96. The molecule has 19 heavy (non-hydrogen) atoms. The zero-order valence-electron chi connectivity index (χ0n) is 11.5. The van der Waals surface area contributed by atoms with Gasteiger partial charge in [-0.25, -0.2) is 12.7 Å². The van der Waals surface area contributed by atoms with Gasteiger partial charge in [-0.05, 0) is 32.2 Å². The van der Waals surface area contributed by atoms with E-state index in [0.29, 0.717) is 13.1 Å². The van der Waals surface area contributed by atoms with Crippen molar-refractivity contribution in [2.75, 3.05) is 25.4 Å². The van der Waals surface area contributed by atoms with Crippen LogP contribution in [-0.4, -0.2) is 55.2 Å². The maximum atomic E-state index is 12.2. The molecule has 0 aromatic heterocycles. The molecule has 0 aromatic carbocycles. The van der Waals surface area contributed by atoms with Gasteiger partial charge in [0.1, 0.15) is 0 Å². The van der Waals surface area contributed by atoms with Gasteiger partial charge in [0.05, 0.1) is 5.75 Å². The molecular formula is C12H24N2O4S. The van der Waals surface area contributed by atoms with Crippen molar-refractivity contribution in [3.05, 3.63) is 0 Å². The molecule has 6 nitrogen and oxygen atoms in total. The van der Waals surface area contributed by atoms with Gasteiger partial charge in [-0.15, -0.1) is 0 Å². The van der Waals surface area contributed by atoms with Crippen LogP contribution in [0.5, 0.6) is 0 Å². The normalized spacial score (nSPS) is 20.0. The molecule has 0 radical (unpaired) electrons. The summed E-state index contributed by atoms with van der Waals surface area (Å²) < 4.78 is 25.9. The first-order valence-corrected chi connectivity index (χ1v) is 8.49. The molecule has 0 aliphatic carbocycles. The Morgan fingerprint density at radius 1 is 1.47 bits per heavy atom. The fourth-order valence-electron chi connectivity index (χ4n) is 2.29. The molecule has 0 amide bonds. The van der Waals surface area contributed by atoms with E-state index in [1.807, 2.05) is 6.92 Å². The number of nitrogens with one attached hydrogen (secondary N) is 1. The van der Waals surface area contributed by atoms with Crippen molar-refractivity contribution < 1.29 is 18.3 Å². The minimum absolute atomic E-state index is 0.0774. The average molecular weight is 292 g/mol. The van der Waals surface area contributed by atoms with Crippen LogP contribution in [0.15, 0.2) is 0 Å². The number of carboxylic acid groups (broad SMARTS) is 1. The van der Waals surface area contributed by atoms with Crippen molar-refractivity contribution in [3.8, 4) is 0 Å². The molecule has 1 saturated heterocycles. The van der Waals surface area contributed by atoms with Gasteiger partial charge in [-0.3, -0.25) is 4.79 Å². The van der Waals surface area contributed by atoms with Crippen molar-refractivity contribution in [2.24, 2.45) is 0 Å². The number of sulfonamides is 1. The summed E-state index contributed by atoms with van der Waals surface area (Å²) in [5.41, 5.74) is 0. The van der Waals surface area contributed by atoms with Crippen LogP contribution in [0, 0.1) is 0 Å². The van der Waals surface area contributed by atoms with E-state index in [1.165, 1.54) is 4.31 Å². The highest BCUT2D eigenvalue weighted by Crippen LogP contribution is 2.12. The van der Waals surface area contributed by atoms with Gasteiger partial charge < -0.3 is 10.4 Å². The quantitative estimate of drug-likeness (QED) is 0.651. The minimum atomic E-state index is -3.34. The fraction of sp³-hybridized carbons (Fsp3) is 0.917. The zero-order valence-corrected chi connectivity index (χ0v) is 12.3. The molecule has 112 valence electrons. The minimum Gasteiger partial charge on any atom is -0.481 e. The number of carboxylic acids is 1. The van der Waals surface area contributed by atoms with Gasteiger partial charge in [-0.1, -0.05) is 6.92 Å². The van der Waals surface area contributed by atoms with Crippen LogP contribution < -0.4 is 5.32 Å². The monoisotopic (exact) mass is 292 g/mol. The lowest BCUT2D eigenvalue weighted by Crippen LogP contribution is -2.42. The molecular weight excluding hydrogens is 268 g/mol. The Morgan fingerprint density at radius 3 is 2.74 bits per heavy atom. The van der Waals surface area contributed by atoms with Crippen molar-refractivity contribution in [1.82, 2.24) is 9.62 Å². The Kier molecular flexibility index (Phi) is 6.74. The van der Waals surface area contributed by atoms with E-state index in [4.69, 9.17) is 5.11 Å². The molecule has 0 aromatic rings. The summed E-state index contributed by atoms with van der Waals surface area (Å²) in [6.45, 7) is 3.91. The Balaban J connectivity index is 2.53. The molecule has 1 aliphatic rings. The van der Waals surface area contributed by atoms with Gasteiger partial charge in [0.15, 0.2) is 0 Å². The third kappa shape index (κ3) is 5.88. The van der Waals surface area contributed by atoms with Gasteiger partial charge in [-0.2, -0.15) is 0 Å². The molecule has 0 bridgehead atoms. The summed E-state index contributed by atoms with van der Waals surface area (Å²) >= 11 is 0. The van der Waals surface area contributed by atoms with Crippen LogP contribution in [0.2, 0.25) is 0 Å². The van der Waals surface area contributed by atoms with Gasteiger partial charge in [0.25, 0.3) is 0 Å². The predicted molar refractivity (Wildman–Crippen MR) is 73.5 cm³/mol. The highest BCUT2D eigenvalue weighted by atomic mass is 32.2. The van der Waals surface area contributed by atoms with Gasteiger partial charge in [0, 0.05) is 25.6 Å². The summed E-state index contributed by atoms with van der Waals surface area (Å²) in [4.78, 5) is 10.4. The molecule has 2 N–H and O–H groups in total. The van der Waals surface area contributed by atoms with Crippen molar-refractivity contribution in [2.45, 2.75) is 45.1 Å². The molecule has 1 aliphatic heterocycles. The van der Waals surface area contributed by atoms with Gasteiger partial charge >= 0.3 is 5.97 Å². The second kappa shape index (κ2) is 7.81. The SMILES string of the molecule is CCCN(CC1CCCN1)S(=O)(=O)CCCC(=O)O. The predicted octanol–water partition coefficient (Wildman–Crippen LogP) is 0.645. The molecule has 1 atom stereocenters. The Labute approximate surface area is 115 Å². The average Bonchev–Trinajstić information content (AvgIpc) is 2.80. The Bertz CT molecular complexity index is 377. The lowest BCUT2D eigenvalue weighted by atomic mass is 10.2. The van der Waals surface area contributed by atoms with Crippen LogP contribution >= 0.6 is 0 Å². The molecule has 1 heterocycles. The summed E-state index contributed by atoms with van der Waals surface area (Å²) in [7, 11) is -3.34. The molecule has 0 spiro atoms. The number of carbonyl (C=O) groups is 1. The van der Waals surface area contributed by atoms with Crippen LogP contribution in [0.1, 0.15) is 39.0 Å². The van der Waals surface area contributed by atoms with Crippen LogP contribution in [0.3, 0.4) is 0 Å². The number of nitrogens with zero attached hydrogens (tertiary/aromatic N) is 1. The zero-order chi connectivity index (χ0) is 14.3. The Hall–Kier alpha value is -0.660. The third-order valence-corrected chi connectivity index (χ3v) is 5.17. The number of hydrogen-bond acceptors (Lipinski definition) is 4. The number of aliphatic carboxylic acids is 1. The van der Waals surface area contributed by atoms with Crippen LogP contribution in [0.4, 0.5) is 0 Å². The number of hydrogen-bond donors (Lipinski definition) is 2. The van der Waals surface area contributed by atoms with E-state index in [0.717, 1.165) is 25.8 Å². The topological polar surface area (TPSA) is 86.7 Å². The maximum absolute atomic E-state index is 12.2. The summed E-state index contributed by atoms with van der Waals surface area (Å²) in [6.07, 6.45) is 2.94. The van der Waals surface area contributed by atoms with E-state index in [2.05, 4.69) is 5.32 Å². The molecule has 1 fully saturated rings. The first kappa shape index (κ1) is 16.4. The van der Waals surface area contributed by atoms with E-state index in [-0.39, 0.29) is 24.6 Å². The van der Waals surface area contributed by atoms with E-state index >= 15 is 0 Å². The second-order valence-corrected chi connectivity index (χ2v) is 7.05. The standard InChI is InChI=1S/C12H24N2O4S/c1-2-8-14(10-11-5-3-7-13-11)19(17,18)9-4-6-12(15)16/h11,13H,2-10H2,1H3,(H,15,16). The molecule has 7 heteroatoms. The third-order valence-electron chi connectivity index (χ3n) is 3.25. The van der Waals surface area contributed by atoms with Crippen LogP contribution in [0.25, 0.3) is 0 Å². The highest BCUT2D eigenvalue weighted by Gasteiger charge is 2.25. The summed E-state index contributed by atoms with van der Waals surface area (Å²) in [5, 5.41) is 11.9. The van der Waals surface area contributed by atoms with E-state index in [1.54, 1.807) is 0 Å². The molecule has 1 rings (SSSR count). The molecule has 1 unspecified atom stereocenters. The fourth-order valence-corrected chi connectivity index (χ4v) is 3.92. The maximum Gasteiger partial charge on any atom is 0.303 e. The first-order valence-electron chi connectivity index (χ1n) is 6.88. The van der Waals surface area contributed by atoms with Gasteiger partial charge in [0.2, 0.25) is 10.0 Å². The number of rotatable bonds is 9. The van der Waals surface area contributed by atoms with Crippen molar-refractivity contribution in [3.63, 3.8) is 0 Å². The first-order chi connectivity index (χ1) is 8.95. The van der Waals surface area contributed by atoms with Crippen molar-refractivity contribution in [1.29, 1.82) is 0 Å². The van der Waals surface area contributed by atoms with E-state index in [9.17, 15) is 13.2 Å².